The molecule has 1 unspecified atom stereocenters. The number of hydrogen-bond acceptors (Lipinski definition) is 3. The predicted molar refractivity (Wildman–Crippen MR) is 38.1 cm³/mol. The molecule has 0 aromatic heterocycles. The molecule has 0 radical (unpaired) electrons. The van der Waals surface area contributed by atoms with E-state index in [1.54, 1.807) is 0 Å². The third-order valence-corrected chi connectivity index (χ3v) is 1.55. The molecule has 1 saturated heterocycles. The zero-order valence-electron chi connectivity index (χ0n) is 5.60. The van der Waals surface area contributed by atoms with Crippen molar-refractivity contribution in [2.24, 2.45) is 0 Å². The Kier molecular flexibility index (Phi) is 3.12. The van der Waals surface area contributed by atoms with Gasteiger partial charge in [0.05, 0.1) is 12.7 Å². The number of carbonyl (C=O) groups is 1. The van der Waals surface area contributed by atoms with Gasteiger partial charge in [0, 0.05) is 19.5 Å². The summed E-state index contributed by atoms with van der Waals surface area (Å²) in [4.78, 5) is 10.4. The molecule has 0 aromatic rings. The van der Waals surface area contributed by atoms with Gasteiger partial charge >= 0.3 is 0 Å². The van der Waals surface area contributed by atoms with Gasteiger partial charge in [-0.25, -0.2) is 0 Å². The van der Waals surface area contributed by atoms with Crippen molar-refractivity contribution in [3.05, 3.63) is 0 Å². The van der Waals surface area contributed by atoms with E-state index in [4.69, 9.17) is 16.3 Å². The highest BCUT2D eigenvalue weighted by Gasteiger charge is 2.15. The van der Waals surface area contributed by atoms with Gasteiger partial charge in [-0.1, -0.05) is 0 Å². The zero-order chi connectivity index (χ0) is 7.40. The van der Waals surface area contributed by atoms with E-state index in [9.17, 15) is 4.79 Å². The number of carbonyl (C=O) groups excluding carboxylic acids is 1. The van der Waals surface area contributed by atoms with Gasteiger partial charge in [-0.05, 0) is 11.6 Å². The van der Waals surface area contributed by atoms with E-state index in [1.807, 2.05) is 0 Å². The summed E-state index contributed by atoms with van der Waals surface area (Å²) >= 11 is 5.16. The van der Waals surface area contributed by atoms with E-state index >= 15 is 0 Å². The Bertz CT molecular complexity index is 123. The van der Waals surface area contributed by atoms with E-state index in [-0.39, 0.29) is 11.3 Å². The summed E-state index contributed by atoms with van der Waals surface area (Å²) in [6.07, 6.45) is 0.299. The molecule has 1 fully saturated rings. The molecule has 1 atom stereocenters. The number of nitrogens with one attached hydrogen (secondary N) is 1. The third kappa shape index (κ3) is 2.64. The first-order chi connectivity index (χ1) is 4.79. The van der Waals surface area contributed by atoms with Crippen LogP contribution in [-0.4, -0.2) is 31.0 Å². The van der Waals surface area contributed by atoms with Crippen LogP contribution in [0.2, 0.25) is 0 Å². The van der Waals surface area contributed by atoms with Gasteiger partial charge < -0.3 is 10.1 Å². The van der Waals surface area contributed by atoms with Gasteiger partial charge in [0.1, 0.15) is 0 Å². The van der Waals surface area contributed by atoms with Gasteiger partial charge in [-0.3, -0.25) is 4.79 Å². The summed E-state index contributed by atoms with van der Waals surface area (Å²) < 4.78 is 5.22. The fraction of sp³-hybridized carbons (Fsp3) is 0.833. The van der Waals surface area contributed by atoms with Gasteiger partial charge in [-0.2, -0.15) is 0 Å². The van der Waals surface area contributed by atoms with E-state index < -0.39 is 0 Å². The van der Waals surface area contributed by atoms with Crippen molar-refractivity contribution in [3.8, 4) is 0 Å². The number of halogens is 1. The monoisotopic (exact) mass is 163 g/mol. The van der Waals surface area contributed by atoms with Gasteiger partial charge in [0.15, 0.2) is 0 Å². The molecule has 0 aliphatic carbocycles. The Balaban J connectivity index is 2.19. The van der Waals surface area contributed by atoms with Crippen LogP contribution < -0.4 is 5.32 Å². The third-order valence-electron chi connectivity index (χ3n) is 1.39. The highest BCUT2D eigenvalue weighted by Crippen LogP contribution is 2.03. The SMILES string of the molecule is O=C(Cl)CC1CNCCO1. The molecule has 4 heteroatoms. The number of ether oxygens (including phenoxy) is 1. The molecule has 1 rings (SSSR count). The smallest absolute Gasteiger partial charge is 0.224 e. The van der Waals surface area contributed by atoms with Crippen LogP contribution in [0.4, 0.5) is 0 Å². The second-order valence-corrected chi connectivity index (χ2v) is 2.68. The lowest BCUT2D eigenvalue weighted by atomic mass is 10.2. The quantitative estimate of drug-likeness (QED) is 0.589. The zero-order valence-corrected chi connectivity index (χ0v) is 6.36. The summed E-state index contributed by atoms with van der Waals surface area (Å²) in [6.45, 7) is 2.28. The van der Waals surface area contributed by atoms with Crippen molar-refractivity contribution in [2.45, 2.75) is 12.5 Å². The van der Waals surface area contributed by atoms with Crippen LogP contribution in [0.3, 0.4) is 0 Å². The molecular weight excluding hydrogens is 154 g/mol. The van der Waals surface area contributed by atoms with E-state index in [2.05, 4.69) is 5.32 Å². The Labute approximate surface area is 64.7 Å². The second-order valence-electron chi connectivity index (χ2n) is 2.26. The average Bonchev–Trinajstić information content (AvgIpc) is 1.88. The molecule has 0 spiro atoms. The van der Waals surface area contributed by atoms with Crippen molar-refractivity contribution < 1.29 is 9.53 Å². The molecule has 3 nitrogen and oxygen atoms in total. The van der Waals surface area contributed by atoms with Crippen LogP contribution in [0.1, 0.15) is 6.42 Å². The lowest BCUT2D eigenvalue weighted by Crippen LogP contribution is -2.39. The van der Waals surface area contributed by atoms with Gasteiger partial charge in [0.2, 0.25) is 5.24 Å². The number of morpholine rings is 1. The first kappa shape index (κ1) is 7.98. The summed E-state index contributed by atoms with van der Waals surface area (Å²) in [5.41, 5.74) is 0. The fourth-order valence-corrected chi connectivity index (χ4v) is 1.10. The summed E-state index contributed by atoms with van der Waals surface area (Å²) in [7, 11) is 0. The Morgan fingerprint density at radius 1 is 1.80 bits per heavy atom. The summed E-state index contributed by atoms with van der Waals surface area (Å²) in [5, 5.41) is 2.78. The average molecular weight is 164 g/mol. The number of rotatable bonds is 2. The summed E-state index contributed by atoms with van der Waals surface area (Å²) in [6, 6.07) is 0. The van der Waals surface area contributed by atoms with E-state index in [0.717, 1.165) is 13.1 Å². The lowest BCUT2D eigenvalue weighted by Gasteiger charge is -2.21. The minimum absolute atomic E-state index is 0.0150. The maximum atomic E-state index is 10.4. The molecule has 1 aliphatic heterocycles. The minimum atomic E-state index is -0.325. The standard InChI is InChI=1S/C6H10ClNO2/c7-6(9)3-5-4-8-1-2-10-5/h5,8H,1-4H2. The normalized spacial score (nSPS) is 26.3. The fourth-order valence-electron chi connectivity index (χ4n) is 0.930. The van der Waals surface area contributed by atoms with Crippen LogP contribution in [0.5, 0.6) is 0 Å². The Morgan fingerprint density at radius 2 is 2.60 bits per heavy atom. The topological polar surface area (TPSA) is 38.3 Å². The highest BCUT2D eigenvalue weighted by molar-refractivity contribution is 6.63. The maximum absolute atomic E-state index is 10.4. The van der Waals surface area contributed by atoms with Crippen molar-refractivity contribution in [1.29, 1.82) is 0 Å². The largest absolute Gasteiger partial charge is 0.375 e. The maximum Gasteiger partial charge on any atom is 0.224 e. The van der Waals surface area contributed by atoms with Crippen molar-refractivity contribution in [2.75, 3.05) is 19.7 Å². The lowest BCUT2D eigenvalue weighted by molar-refractivity contribution is -0.114. The molecule has 10 heavy (non-hydrogen) atoms. The molecule has 0 aromatic carbocycles. The molecule has 0 bridgehead atoms. The van der Waals surface area contributed by atoms with Crippen molar-refractivity contribution >= 4 is 16.8 Å². The first-order valence-electron chi connectivity index (χ1n) is 3.29. The molecule has 58 valence electrons. The van der Waals surface area contributed by atoms with Gasteiger partial charge in [0.25, 0.3) is 0 Å². The van der Waals surface area contributed by atoms with Crippen molar-refractivity contribution in [3.63, 3.8) is 0 Å². The minimum Gasteiger partial charge on any atom is -0.375 e. The summed E-state index contributed by atoms with van der Waals surface area (Å²) in [5.74, 6) is 0. The van der Waals surface area contributed by atoms with E-state index in [0.29, 0.717) is 13.0 Å². The molecule has 1 heterocycles. The van der Waals surface area contributed by atoms with Crippen molar-refractivity contribution in [1.82, 2.24) is 5.32 Å². The van der Waals surface area contributed by atoms with E-state index in [1.165, 1.54) is 0 Å². The molecular formula is C6H10ClNO2. The highest BCUT2D eigenvalue weighted by atomic mass is 35.5. The second kappa shape index (κ2) is 3.91. The molecule has 1 aliphatic rings. The Hall–Kier alpha value is -0.120. The molecule has 0 saturated carbocycles. The predicted octanol–water partition coefficient (Wildman–Crippen LogP) is 0.130. The van der Waals surface area contributed by atoms with Crippen LogP contribution in [0.25, 0.3) is 0 Å². The Morgan fingerprint density at radius 3 is 3.10 bits per heavy atom. The van der Waals surface area contributed by atoms with Gasteiger partial charge in [-0.15, -0.1) is 0 Å². The first-order valence-corrected chi connectivity index (χ1v) is 3.67. The van der Waals surface area contributed by atoms with Crippen LogP contribution in [-0.2, 0) is 9.53 Å². The molecule has 1 N–H and O–H groups in total. The number of hydrogen-bond donors (Lipinski definition) is 1. The molecule has 0 amide bonds. The van der Waals surface area contributed by atoms with Crippen LogP contribution in [0, 0.1) is 0 Å². The van der Waals surface area contributed by atoms with Crippen LogP contribution in [0.15, 0.2) is 0 Å². The van der Waals surface area contributed by atoms with Crippen LogP contribution >= 0.6 is 11.6 Å².